The van der Waals surface area contributed by atoms with Gasteiger partial charge in [0.25, 0.3) is 0 Å². The third-order valence-corrected chi connectivity index (χ3v) is 5.33. The zero-order valence-corrected chi connectivity index (χ0v) is 13.3. The summed E-state index contributed by atoms with van der Waals surface area (Å²) in [6.45, 7) is 0. The minimum absolute atomic E-state index is 0.0428. The molecule has 1 amide bonds. The Morgan fingerprint density at radius 1 is 1.18 bits per heavy atom. The van der Waals surface area contributed by atoms with Crippen molar-refractivity contribution in [1.82, 2.24) is 10.2 Å². The first-order valence-corrected chi connectivity index (χ1v) is 8.83. The first-order chi connectivity index (χ1) is 10.7. The molecule has 3 rings (SSSR count). The Kier molecular flexibility index (Phi) is 5.13. The lowest BCUT2D eigenvalue weighted by molar-refractivity contribution is -0.117. The lowest BCUT2D eigenvalue weighted by Crippen LogP contribution is -2.28. The third kappa shape index (κ3) is 3.88. The molecule has 1 aromatic heterocycles. The second kappa shape index (κ2) is 7.27. The van der Waals surface area contributed by atoms with Crippen LogP contribution in [0.15, 0.2) is 6.07 Å². The molecule has 1 heterocycles. The average molecular weight is 304 g/mol. The van der Waals surface area contributed by atoms with Crippen LogP contribution in [0.5, 0.6) is 0 Å². The van der Waals surface area contributed by atoms with Gasteiger partial charge in [-0.3, -0.25) is 9.89 Å². The zero-order chi connectivity index (χ0) is 15.4. The van der Waals surface area contributed by atoms with Gasteiger partial charge in [-0.2, -0.15) is 5.10 Å². The number of hydrogen-bond donors (Lipinski definition) is 3. The standard InChI is InChI=1S/C17H28N4O/c18-14-9-5-8-13(14)10-17(22)19-16-11-15(20-21-16)12-6-3-1-2-4-7-12/h11-14H,1-10,18H2,(H2,19,20,21,22)/t13-,14+/m0/s1. The van der Waals surface area contributed by atoms with Crippen LogP contribution in [0.2, 0.25) is 0 Å². The molecule has 122 valence electrons. The summed E-state index contributed by atoms with van der Waals surface area (Å²) in [6, 6.07) is 2.20. The van der Waals surface area contributed by atoms with E-state index in [-0.39, 0.29) is 11.9 Å². The van der Waals surface area contributed by atoms with E-state index < -0.39 is 0 Å². The first-order valence-electron chi connectivity index (χ1n) is 8.83. The summed E-state index contributed by atoms with van der Waals surface area (Å²) in [5.41, 5.74) is 7.21. The number of nitrogens with one attached hydrogen (secondary N) is 2. The van der Waals surface area contributed by atoms with Crippen LogP contribution in [0.4, 0.5) is 5.82 Å². The van der Waals surface area contributed by atoms with Crippen molar-refractivity contribution >= 4 is 11.7 Å². The number of H-pyrrole nitrogens is 1. The summed E-state index contributed by atoms with van der Waals surface area (Å²) in [6.07, 6.45) is 11.5. The van der Waals surface area contributed by atoms with Gasteiger partial charge in [0.15, 0.2) is 5.82 Å². The highest BCUT2D eigenvalue weighted by Gasteiger charge is 2.26. The number of anilines is 1. The molecule has 5 nitrogen and oxygen atoms in total. The maximum atomic E-state index is 12.1. The fraction of sp³-hybridized carbons (Fsp3) is 0.765. The van der Waals surface area contributed by atoms with Gasteiger partial charge in [0.05, 0.1) is 0 Å². The number of carbonyl (C=O) groups is 1. The molecule has 0 saturated heterocycles. The van der Waals surface area contributed by atoms with Crippen LogP contribution in [0.25, 0.3) is 0 Å². The van der Waals surface area contributed by atoms with Crippen molar-refractivity contribution < 1.29 is 4.79 Å². The van der Waals surface area contributed by atoms with E-state index in [4.69, 9.17) is 5.73 Å². The van der Waals surface area contributed by atoms with Crippen molar-refractivity contribution in [2.24, 2.45) is 11.7 Å². The molecule has 0 spiro atoms. The van der Waals surface area contributed by atoms with Gasteiger partial charge in [-0.25, -0.2) is 0 Å². The van der Waals surface area contributed by atoms with E-state index in [0.717, 1.165) is 19.3 Å². The Labute approximate surface area is 132 Å². The van der Waals surface area contributed by atoms with Crippen LogP contribution in [0, 0.1) is 5.92 Å². The van der Waals surface area contributed by atoms with Crippen molar-refractivity contribution in [3.63, 3.8) is 0 Å². The molecule has 2 atom stereocenters. The number of rotatable bonds is 4. The maximum Gasteiger partial charge on any atom is 0.225 e. The summed E-state index contributed by atoms with van der Waals surface area (Å²) in [4.78, 5) is 12.1. The Morgan fingerprint density at radius 3 is 2.64 bits per heavy atom. The van der Waals surface area contributed by atoms with E-state index in [9.17, 15) is 4.79 Å². The van der Waals surface area contributed by atoms with Gasteiger partial charge in [0.2, 0.25) is 5.91 Å². The predicted molar refractivity (Wildman–Crippen MR) is 87.6 cm³/mol. The molecule has 2 fully saturated rings. The summed E-state index contributed by atoms with van der Waals surface area (Å²) in [5, 5.41) is 10.3. The molecule has 1 aromatic rings. The van der Waals surface area contributed by atoms with Gasteiger partial charge in [0, 0.05) is 30.1 Å². The highest BCUT2D eigenvalue weighted by molar-refractivity contribution is 5.90. The SMILES string of the molecule is N[C@@H]1CCC[C@H]1CC(=O)Nc1cc(C2CCCCCC2)[nH]n1. The first kappa shape index (κ1) is 15.5. The zero-order valence-electron chi connectivity index (χ0n) is 13.3. The summed E-state index contributed by atoms with van der Waals surface area (Å²) in [7, 11) is 0. The van der Waals surface area contributed by atoms with Crippen molar-refractivity contribution in [1.29, 1.82) is 0 Å². The molecule has 0 bridgehead atoms. The van der Waals surface area contributed by atoms with E-state index in [1.54, 1.807) is 0 Å². The molecule has 22 heavy (non-hydrogen) atoms. The largest absolute Gasteiger partial charge is 0.327 e. The molecule has 0 unspecified atom stereocenters. The molecule has 2 aliphatic rings. The topological polar surface area (TPSA) is 83.8 Å². The minimum atomic E-state index is 0.0428. The molecule has 0 aromatic carbocycles. The van der Waals surface area contributed by atoms with Gasteiger partial charge in [0.1, 0.15) is 0 Å². The average Bonchev–Trinajstić information content (AvgIpc) is 3.01. The van der Waals surface area contributed by atoms with Crippen LogP contribution < -0.4 is 11.1 Å². The van der Waals surface area contributed by atoms with Crippen LogP contribution in [0.3, 0.4) is 0 Å². The Balaban J connectivity index is 1.53. The van der Waals surface area contributed by atoms with Crippen molar-refractivity contribution in [3.8, 4) is 0 Å². The van der Waals surface area contributed by atoms with Gasteiger partial charge in [-0.15, -0.1) is 0 Å². The molecular weight excluding hydrogens is 276 g/mol. The highest BCUT2D eigenvalue weighted by atomic mass is 16.1. The number of aromatic amines is 1. The fourth-order valence-corrected chi connectivity index (χ4v) is 3.95. The van der Waals surface area contributed by atoms with Gasteiger partial charge in [-0.1, -0.05) is 32.1 Å². The Hall–Kier alpha value is -1.36. The van der Waals surface area contributed by atoms with Crippen LogP contribution in [-0.2, 0) is 4.79 Å². The molecular formula is C17H28N4O. The molecule has 4 N–H and O–H groups in total. The number of nitrogens with zero attached hydrogens (tertiary/aromatic N) is 1. The van der Waals surface area contributed by atoms with Crippen molar-refractivity contribution in [2.45, 2.75) is 76.2 Å². The third-order valence-electron chi connectivity index (χ3n) is 5.33. The smallest absolute Gasteiger partial charge is 0.225 e. The second-order valence-electron chi connectivity index (χ2n) is 7.00. The number of amides is 1. The number of nitrogens with two attached hydrogens (primary N) is 1. The Morgan fingerprint density at radius 2 is 1.95 bits per heavy atom. The number of aromatic nitrogens is 2. The molecule has 5 heteroatoms. The van der Waals surface area contributed by atoms with E-state index in [0.29, 0.717) is 24.1 Å². The predicted octanol–water partition coefficient (Wildman–Crippen LogP) is 3.30. The number of hydrogen-bond acceptors (Lipinski definition) is 3. The van der Waals surface area contributed by atoms with Crippen LogP contribution >= 0.6 is 0 Å². The lowest BCUT2D eigenvalue weighted by atomic mass is 9.97. The molecule has 2 saturated carbocycles. The van der Waals surface area contributed by atoms with Crippen LogP contribution in [0.1, 0.15) is 75.8 Å². The quantitative estimate of drug-likeness (QED) is 0.746. The second-order valence-corrected chi connectivity index (χ2v) is 7.00. The number of carbonyl (C=O) groups excluding carboxylic acids is 1. The fourth-order valence-electron chi connectivity index (χ4n) is 3.95. The van der Waals surface area contributed by atoms with E-state index in [1.165, 1.54) is 44.2 Å². The maximum absolute atomic E-state index is 12.1. The van der Waals surface area contributed by atoms with Gasteiger partial charge < -0.3 is 11.1 Å². The lowest BCUT2D eigenvalue weighted by Gasteiger charge is -2.14. The Bertz CT molecular complexity index is 491. The highest BCUT2D eigenvalue weighted by Crippen LogP contribution is 2.31. The van der Waals surface area contributed by atoms with Gasteiger partial charge >= 0.3 is 0 Å². The van der Waals surface area contributed by atoms with Crippen molar-refractivity contribution in [3.05, 3.63) is 11.8 Å². The summed E-state index contributed by atoms with van der Waals surface area (Å²) >= 11 is 0. The molecule has 0 aliphatic heterocycles. The van der Waals surface area contributed by atoms with E-state index in [1.807, 2.05) is 6.07 Å². The minimum Gasteiger partial charge on any atom is -0.327 e. The molecule has 2 aliphatic carbocycles. The van der Waals surface area contributed by atoms with Gasteiger partial charge in [-0.05, 0) is 31.6 Å². The van der Waals surface area contributed by atoms with Crippen molar-refractivity contribution in [2.75, 3.05) is 5.32 Å². The summed E-state index contributed by atoms with van der Waals surface area (Å²) < 4.78 is 0. The van der Waals surface area contributed by atoms with E-state index >= 15 is 0 Å². The monoisotopic (exact) mass is 304 g/mol. The van der Waals surface area contributed by atoms with Crippen LogP contribution in [-0.4, -0.2) is 22.1 Å². The molecule has 0 radical (unpaired) electrons. The summed E-state index contributed by atoms with van der Waals surface area (Å²) in [5.74, 6) is 1.61. The normalized spacial score (nSPS) is 26.8. The van der Waals surface area contributed by atoms with E-state index in [2.05, 4.69) is 15.5 Å².